The highest BCUT2D eigenvalue weighted by Crippen LogP contribution is 2.40. The van der Waals surface area contributed by atoms with Crippen molar-refractivity contribution in [3.63, 3.8) is 0 Å². The molecular weight excluding hydrogens is 304 g/mol. The Labute approximate surface area is 140 Å². The summed E-state index contributed by atoms with van der Waals surface area (Å²) >= 11 is 0. The monoisotopic (exact) mass is 326 g/mol. The van der Waals surface area contributed by atoms with Gasteiger partial charge in [0.05, 0.1) is 25.0 Å². The Bertz CT molecular complexity index is 797. The van der Waals surface area contributed by atoms with E-state index < -0.39 is 0 Å². The summed E-state index contributed by atoms with van der Waals surface area (Å²) in [5.74, 6) is 3.56. The van der Waals surface area contributed by atoms with Crippen molar-refractivity contribution in [2.45, 2.75) is 50.6 Å². The molecule has 3 heterocycles. The Morgan fingerprint density at radius 1 is 1.12 bits per heavy atom. The Hall–Kier alpha value is -1.95. The first kappa shape index (κ1) is 14.4. The zero-order valence-electron chi connectivity index (χ0n) is 13.7. The van der Waals surface area contributed by atoms with Crippen molar-refractivity contribution in [1.29, 1.82) is 0 Å². The van der Waals surface area contributed by atoms with Crippen molar-refractivity contribution in [3.8, 4) is 0 Å². The van der Waals surface area contributed by atoms with Gasteiger partial charge in [-0.05, 0) is 31.7 Å². The average Bonchev–Trinajstić information content (AvgIpc) is 3.46. The van der Waals surface area contributed by atoms with Gasteiger partial charge in [-0.3, -0.25) is 9.69 Å². The summed E-state index contributed by atoms with van der Waals surface area (Å²) in [5, 5.41) is 4.55. The van der Waals surface area contributed by atoms with Crippen molar-refractivity contribution >= 4 is 0 Å². The first-order chi connectivity index (χ1) is 11.7. The zero-order valence-corrected chi connectivity index (χ0v) is 13.7. The molecule has 2 aromatic rings. The summed E-state index contributed by atoms with van der Waals surface area (Å²) in [5.41, 5.74) is 1.10. The molecule has 2 aromatic heterocycles. The molecule has 2 saturated carbocycles. The average molecular weight is 326 g/mol. The maximum Gasteiger partial charge on any atom is 0.266 e. The van der Waals surface area contributed by atoms with Gasteiger partial charge in [0.15, 0.2) is 0 Å². The molecule has 6 heteroatoms. The van der Waals surface area contributed by atoms with E-state index in [-0.39, 0.29) is 5.56 Å². The largest absolute Gasteiger partial charge is 0.444 e. The lowest BCUT2D eigenvalue weighted by molar-refractivity contribution is 0.0675. The number of rotatable bonds is 6. The quantitative estimate of drug-likeness (QED) is 0.813. The van der Waals surface area contributed by atoms with Crippen LogP contribution in [0.5, 0.6) is 0 Å². The van der Waals surface area contributed by atoms with Crippen LogP contribution in [0.15, 0.2) is 27.5 Å². The van der Waals surface area contributed by atoms with E-state index in [9.17, 15) is 4.79 Å². The molecule has 2 aliphatic carbocycles. The molecule has 3 fully saturated rings. The lowest BCUT2D eigenvalue weighted by Gasteiger charge is -2.38. The van der Waals surface area contributed by atoms with Crippen LogP contribution in [0.4, 0.5) is 0 Å². The van der Waals surface area contributed by atoms with E-state index in [0.29, 0.717) is 17.8 Å². The smallest absolute Gasteiger partial charge is 0.266 e. The molecule has 0 radical (unpaired) electrons. The molecule has 0 N–H and O–H groups in total. The van der Waals surface area contributed by atoms with Gasteiger partial charge in [0.1, 0.15) is 5.76 Å². The van der Waals surface area contributed by atoms with E-state index in [1.807, 2.05) is 12.3 Å². The lowest BCUT2D eigenvalue weighted by Crippen LogP contribution is -2.49. The van der Waals surface area contributed by atoms with Crippen molar-refractivity contribution in [3.05, 3.63) is 46.0 Å². The third-order valence-electron chi connectivity index (χ3n) is 5.26. The first-order valence-electron chi connectivity index (χ1n) is 8.99. The highest BCUT2D eigenvalue weighted by Gasteiger charge is 2.31. The predicted molar refractivity (Wildman–Crippen MR) is 87.7 cm³/mol. The van der Waals surface area contributed by atoms with Crippen molar-refractivity contribution in [2.24, 2.45) is 5.92 Å². The molecule has 6 nitrogen and oxygen atoms in total. The molecule has 5 rings (SSSR count). The third-order valence-corrected chi connectivity index (χ3v) is 5.26. The highest BCUT2D eigenvalue weighted by atomic mass is 16.4. The van der Waals surface area contributed by atoms with Crippen LogP contribution in [0.25, 0.3) is 0 Å². The van der Waals surface area contributed by atoms with Crippen molar-refractivity contribution in [1.82, 2.24) is 19.7 Å². The summed E-state index contributed by atoms with van der Waals surface area (Å²) in [7, 11) is 0. The number of aromatic nitrogens is 3. The van der Waals surface area contributed by atoms with E-state index >= 15 is 0 Å². The van der Waals surface area contributed by atoms with Crippen molar-refractivity contribution in [2.75, 3.05) is 13.1 Å². The Morgan fingerprint density at radius 3 is 2.67 bits per heavy atom. The van der Waals surface area contributed by atoms with E-state index in [2.05, 4.69) is 15.0 Å². The molecule has 0 amide bonds. The maximum atomic E-state index is 12.0. The summed E-state index contributed by atoms with van der Waals surface area (Å²) < 4.78 is 7.47. The summed E-state index contributed by atoms with van der Waals surface area (Å²) in [6.45, 7) is 3.44. The minimum Gasteiger partial charge on any atom is -0.444 e. The van der Waals surface area contributed by atoms with E-state index in [1.54, 1.807) is 10.7 Å². The van der Waals surface area contributed by atoms with Crippen LogP contribution in [0.3, 0.4) is 0 Å². The molecule has 0 atom stereocenters. The number of nitrogens with zero attached hydrogens (tertiary/aromatic N) is 4. The van der Waals surface area contributed by atoms with Gasteiger partial charge >= 0.3 is 0 Å². The molecule has 0 spiro atoms. The van der Waals surface area contributed by atoms with Gasteiger partial charge in [-0.2, -0.15) is 5.10 Å². The fraction of sp³-hybridized carbons (Fsp3) is 0.611. The van der Waals surface area contributed by atoms with Crippen LogP contribution in [0.1, 0.15) is 54.9 Å². The van der Waals surface area contributed by atoms with Crippen LogP contribution in [-0.2, 0) is 13.1 Å². The number of hydrogen-bond donors (Lipinski definition) is 0. The van der Waals surface area contributed by atoms with Gasteiger partial charge in [0, 0.05) is 36.9 Å². The Balaban J connectivity index is 1.16. The van der Waals surface area contributed by atoms with Crippen LogP contribution >= 0.6 is 0 Å². The molecule has 3 aliphatic rings. The molecule has 126 valence electrons. The van der Waals surface area contributed by atoms with Gasteiger partial charge in [-0.1, -0.05) is 0 Å². The number of likely N-dealkylation sites (tertiary alicyclic amines) is 1. The van der Waals surface area contributed by atoms with Crippen LogP contribution in [-0.4, -0.2) is 32.8 Å². The first-order valence-corrected chi connectivity index (χ1v) is 8.99. The zero-order chi connectivity index (χ0) is 16.1. The normalized spacial score (nSPS) is 21.8. The molecule has 0 aromatic carbocycles. The summed E-state index contributed by atoms with van der Waals surface area (Å²) in [6.07, 6.45) is 6.78. The minimum absolute atomic E-state index is 0.0135. The second-order valence-electron chi connectivity index (χ2n) is 7.54. The van der Waals surface area contributed by atoms with E-state index in [1.165, 1.54) is 25.7 Å². The van der Waals surface area contributed by atoms with Gasteiger partial charge in [-0.15, -0.1) is 0 Å². The lowest BCUT2D eigenvalue weighted by atomic mass is 10.0. The SMILES string of the molecule is O=c1ccc(C2CC2)nn1CC1CN(Cc2ncc(C3CC3)o2)C1. The predicted octanol–water partition coefficient (Wildman–Crippen LogP) is 2.12. The molecule has 1 saturated heterocycles. The van der Waals surface area contributed by atoms with E-state index in [0.717, 1.165) is 43.5 Å². The van der Waals surface area contributed by atoms with Crippen LogP contribution in [0, 0.1) is 5.92 Å². The number of hydrogen-bond acceptors (Lipinski definition) is 5. The van der Waals surface area contributed by atoms with Crippen LogP contribution < -0.4 is 5.56 Å². The highest BCUT2D eigenvalue weighted by molar-refractivity contribution is 5.12. The topological polar surface area (TPSA) is 64.2 Å². The molecule has 0 unspecified atom stereocenters. The Morgan fingerprint density at radius 2 is 1.92 bits per heavy atom. The maximum absolute atomic E-state index is 12.0. The van der Waals surface area contributed by atoms with Gasteiger partial charge in [0.25, 0.3) is 5.56 Å². The molecule has 0 bridgehead atoms. The van der Waals surface area contributed by atoms with Crippen molar-refractivity contribution < 1.29 is 4.42 Å². The fourth-order valence-electron chi connectivity index (χ4n) is 3.50. The van der Waals surface area contributed by atoms with Gasteiger partial charge < -0.3 is 4.42 Å². The second-order valence-corrected chi connectivity index (χ2v) is 7.54. The second kappa shape index (κ2) is 5.55. The third kappa shape index (κ3) is 2.90. The van der Waals surface area contributed by atoms with Gasteiger partial charge in [0.2, 0.25) is 5.89 Å². The summed E-state index contributed by atoms with van der Waals surface area (Å²) in [6, 6.07) is 3.56. The molecule has 1 aliphatic heterocycles. The molecule has 24 heavy (non-hydrogen) atoms. The van der Waals surface area contributed by atoms with Crippen LogP contribution in [0.2, 0.25) is 0 Å². The number of oxazole rings is 1. The summed E-state index contributed by atoms with van der Waals surface area (Å²) in [4.78, 5) is 18.7. The minimum atomic E-state index is 0.0135. The fourth-order valence-corrected chi connectivity index (χ4v) is 3.50. The Kier molecular flexibility index (Phi) is 3.33. The van der Waals surface area contributed by atoms with E-state index in [4.69, 9.17) is 4.42 Å². The molecular formula is C18H22N4O2. The standard InChI is InChI=1S/C18H22N4O2/c23-18-6-5-15(13-1-2-13)20-22(18)10-12-8-21(9-12)11-17-19-7-16(24-17)14-3-4-14/h5-7,12-14H,1-4,8-11H2. The van der Waals surface area contributed by atoms with Gasteiger partial charge in [-0.25, -0.2) is 9.67 Å².